The van der Waals surface area contributed by atoms with Gasteiger partial charge in [-0.3, -0.25) is 0 Å². The molecule has 0 atom stereocenters. The van der Waals surface area contributed by atoms with Crippen LogP contribution in [0.25, 0.3) is 22.2 Å². The van der Waals surface area contributed by atoms with Crippen LogP contribution in [-0.4, -0.2) is 15.3 Å². The molecule has 3 aromatic rings. The van der Waals surface area contributed by atoms with Crippen LogP contribution >= 0.6 is 0 Å². The number of nitrogens with zero attached hydrogens (tertiary/aromatic N) is 2. The second-order valence-corrected chi connectivity index (χ2v) is 4.05. The van der Waals surface area contributed by atoms with Gasteiger partial charge in [-0.25, -0.2) is 9.02 Å². The second-order valence-electron chi connectivity index (χ2n) is 4.05. The maximum absolute atomic E-state index is 13.7. The summed E-state index contributed by atoms with van der Waals surface area (Å²) in [7, 11) is 0. The summed E-state index contributed by atoms with van der Waals surface area (Å²) in [6.45, 7) is 2.07. The molecule has 2 aromatic heterocycles. The van der Waals surface area contributed by atoms with Crippen LogP contribution in [0.1, 0.15) is 11.4 Å². The fourth-order valence-electron chi connectivity index (χ4n) is 2.15. The summed E-state index contributed by atoms with van der Waals surface area (Å²) in [5, 5.41) is 8.35. The van der Waals surface area contributed by atoms with Crippen LogP contribution in [0, 0.1) is 12.7 Å². The minimum absolute atomic E-state index is 0.222. The lowest BCUT2D eigenvalue weighted by Gasteiger charge is -1.97. The van der Waals surface area contributed by atoms with Crippen molar-refractivity contribution in [2.75, 3.05) is 0 Å². The largest absolute Gasteiger partial charge is 0.356 e. The maximum atomic E-state index is 13.7. The maximum Gasteiger partial charge on any atom is 0.147 e. The molecule has 0 amide bonds. The molecular weight excluding hydrogens is 235 g/mol. The Morgan fingerprint density at radius 3 is 3.00 bits per heavy atom. The third-order valence-corrected chi connectivity index (χ3v) is 2.96. The number of aryl methyl sites for hydroxylation is 1. The van der Waals surface area contributed by atoms with Crippen molar-refractivity contribution >= 4 is 10.9 Å². The number of H-pyrrole nitrogens is 1. The molecule has 1 aromatic carbocycles. The summed E-state index contributed by atoms with van der Waals surface area (Å²) in [5.74, 6) is -0.299. The molecule has 5 nitrogen and oxygen atoms in total. The van der Waals surface area contributed by atoms with E-state index in [0.717, 1.165) is 16.6 Å². The average molecular weight is 246 g/mol. The highest BCUT2D eigenvalue weighted by atomic mass is 19.1. The lowest BCUT2D eigenvalue weighted by atomic mass is 10.1. The van der Waals surface area contributed by atoms with E-state index in [1.807, 2.05) is 13.0 Å². The van der Waals surface area contributed by atoms with E-state index in [1.165, 1.54) is 6.07 Å². The van der Waals surface area contributed by atoms with Crippen molar-refractivity contribution in [1.82, 2.24) is 15.3 Å². The molecule has 0 saturated heterocycles. The van der Waals surface area contributed by atoms with Gasteiger partial charge in [0.05, 0.1) is 5.52 Å². The number of halogens is 1. The number of aromatic nitrogens is 3. The number of benzene rings is 1. The molecule has 0 fully saturated rings. The van der Waals surface area contributed by atoms with Crippen LogP contribution in [0.3, 0.4) is 0 Å². The predicted molar refractivity (Wildman–Crippen MR) is 64.2 cm³/mol. The van der Waals surface area contributed by atoms with E-state index in [2.05, 4.69) is 15.3 Å². The van der Waals surface area contributed by atoms with Gasteiger partial charge >= 0.3 is 0 Å². The van der Waals surface area contributed by atoms with Crippen molar-refractivity contribution in [3.63, 3.8) is 0 Å². The van der Waals surface area contributed by atoms with Crippen LogP contribution in [-0.2, 0) is 6.54 Å². The summed E-state index contributed by atoms with van der Waals surface area (Å²) >= 11 is 0. The number of fused-ring (bicyclic) bond motifs is 1. The SMILES string of the molecule is Cc1[nH]c2c(F)cccc2c1-c1nonc1CN. The van der Waals surface area contributed by atoms with Crippen LogP contribution in [0.5, 0.6) is 0 Å². The number of nitrogens with one attached hydrogen (secondary N) is 1. The van der Waals surface area contributed by atoms with Gasteiger partial charge in [-0.2, -0.15) is 0 Å². The molecular formula is C12H11FN4O. The summed E-state index contributed by atoms with van der Waals surface area (Å²) in [5.41, 5.74) is 8.74. The van der Waals surface area contributed by atoms with Gasteiger partial charge in [0.2, 0.25) is 0 Å². The van der Waals surface area contributed by atoms with Crippen LogP contribution in [0.4, 0.5) is 4.39 Å². The normalized spacial score (nSPS) is 11.3. The zero-order chi connectivity index (χ0) is 12.7. The van der Waals surface area contributed by atoms with E-state index in [4.69, 9.17) is 10.4 Å². The van der Waals surface area contributed by atoms with Crippen molar-refractivity contribution in [3.8, 4) is 11.3 Å². The Labute approximate surface area is 102 Å². The third kappa shape index (κ3) is 1.42. The lowest BCUT2D eigenvalue weighted by Crippen LogP contribution is -1.98. The minimum atomic E-state index is -0.299. The zero-order valence-corrected chi connectivity index (χ0v) is 9.70. The van der Waals surface area contributed by atoms with E-state index in [1.54, 1.807) is 6.07 Å². The average Bonchev–Trinajstić information content (AvgIpc) is 2.93. The van der Waals surface area contributed by atoms with Gasteiger partial charge in [-0.15, -0.1) is 0 Å². The van der Waals surface area contributed by atoms with Crippen molar-refractivity contribution in [1.29, 1.82) is 0 Å². The molecule has 0 aliphatic rings. The standard InChI is InChI=1S/C12H11FN4O/c1-6-10(12-9(5-14)16-18-17-12)7-3-2-4-8(13)11(7)15-6/h2-4,15H,5,14H2,1H3. The molecule has 0 bridgehead atoms. The van der Waals surface area contributed by atoms with Gasteiger partial charge in [0, 0.05) is 23.2 Å². The van der Waals surface area contributed by atoms with Gasteiger partial charge in [-0.1, -0.05) is 17.3 Å². The highest BCUT2D eigenvalue weighted by Gasteiger charge is 2.19. The molecule has 0 unspecified atom stereocenters. The molecule has 0 aliphatic carbocycles. The molecule has 2 heterocycles. The van der Waals surface area contributed by atoms with Gasteiger partial charge in [-0.05, 0) is 18.1 Å². The first-order chi connectivity index (χ1) is 8.72. The molecule has 0 saturated carbocycles. The summed E-state index contributed by atoms with van der Waals surface area (Å²) < 4.78 is 18.4. The first-order valence-corrected chi connectivity index (χ1v) is 5.51. The van der Waals surface area contributed by atoms with E-state index in [9.17, 15) is 4.39 Å². The number of rotatable bonds is 2. The van der Waals surface area contributed by atoms with Gasteiger partial charge < -0.3 is 10.7 Å². The molecule has 92 valence electrons. The number of hydrogen-bond donors (Lipinski definition) is 2. The van der Waals surface area contributed by atoms with Gasteiger partial charge in [0.15, 0.2) is 0 Å². The Bertz CT molecular complexity index is 716. The van der Waals surface area contributed by atoms with Crippen LogP contribution in [0.15, 0.2) is 22.8 Å². The Hall–Kier alpha value is -2.21. The Kier molecular flexibility index (Phi) is 2.38. The van der Waals surface area contributed by atoms with Crippen LogP contribution in [0.2, 0.25) is 0 Å². The summed E-state index contributed by atoms with van der Waals surface area (Å²) in [6, 6.07) is 4.89. The molecule has 3 N–H and O–H groups in total. The molecule has 18 heavy (non-hydrogen) atoms. The van der Waals surface area contributed by atoms with Crippen molar-refractivity contribution in [2.24, 2.45) is 5.73 Å². The summed E-state index contributed by atoms with van der Waals surface area (Å²) in [6.07, 6.45) is 0. The number of aromatic amines is 1. The van der Waals surface area contributed by atoms with E-state index >= 15 is 0 Å². The predicted octanol–water partition coefficient (Wildman–Crippen LogP) is 2.12. The Morgan fingerprint density at radius 2 is 2.22 bits per heavy atom. The van der Waals surface area contributed by atoms with E-state index in [0.29, 0.717) is 16.9 Å². The fraction of sp³-hybridized carbons (Fsp3) is 0.167. The van der Waals surface area contributed by atoms with Gasteiger partial charge in [0.25, 0.3) is 0 Å². The van der Waals surface area contributed by atoms with Crippen molar-refractivity contribution in [2.45, 2.75) is 13.5 Å². The van der Waals surface area contributed by atoms with E-state index < -0.39 is 0 Å². The molecule has 0 spiro atoms. The Balaban J connectivity index is 2.36. The number of para-hydroxylation sites is 1. The lowest BCUT2D eigenvalue weighted by molar-refractivity contribution is 0.304. The number of hydrogen-bond acceptors (Lipinski definition) is 4. The first kappa shape index (κ1) is 10.9. The molecule has 3 rings (SSSR count). The van der Waals surface area contributed by atoms with Crippen molar-refractivity contribution < 1.29 is 9.02 Å². The topological polar surface area (TPSA) is 80.7 Å². The zero-order valence-electron chi connectivity index (χ0n) is 9.70. The number of nitrogens with two attached hydrogens (primary N) is 1. The highest BCUT2D eigenvalue weighted by Crippen LogP contribution is 2.33. The molecule has 0 aliphatic heterocycles. The third-order valence-electron chi connectivity index (χ3n) is 2.96. The van der Waals surface area contributed by atoms with Crippen molar-refractivity contribution in [3.05, 3.63) is 35.4 Å². The molecule has 6 heteroatoms. The second kappa shape index (κ2) is 3.92. The fourth-order valence-corrected chi connectivity index (χ4v) is 2.15. The molecule has 0 radical (unpaired) electrons. The van der Waals surface area contributed by atoms with Gasteiger partial charge in [0.1, 0.15) is 17.2 Å². The monoisotopic (exact) mass is 246 g/mol. The first-order valence-electron chi connectivity index (χ1n) is 5.51. The highest BCUT2D eigenvalue weighted by molar-refractivity contribution is 5.97. The Morgan fingerprint density at radius 1 is 1.39 bits per heavy atom. The van der Waals surface area contributed by atoms with E-state index in [-0.39, 0.29) is 12.4 Å². The van der Waals surface area contributed by atoms with Crippen LogP contribution < -0.4 is 5.73 Å². The smallest absolute Gasteiger partial charge is 0.147 e. The quantitative estimate of drug-likeness (QED) is 0.725. The minimum Gasteiger partial charge on any atom is -0.356 e. The summed E-state index contributed by atoms with van der Waals surface area (Å²) in [4.78, 5) is 3.01.